The quantitative estimate of drug-likeness (QED) is 0.0215. The predicted octanol–water partition coefficient (Wildman–Crippen LogP) is 11.1. The van der Waals surface area contributed by atoms with Crippen LogP contribution in [0.5, 0.6) is 0 Å². The summed E-state index contributed by atoms with van der Waals surface area (Å²) in [5.74, 6) is -0.721. The first-order valence-corrected chi connectivity index (χ1v) is 27.9. The van der Waals surface area contributed by atoms with Crippen LogP contribution < -0.4 is 5.32 Å². The lowest BCUT2D eigenvalue weighted by Crippen LogP contribution is -2.60. The molecule has 9 unspecified atom stereocenters. The van der Waals surface area contributed by atoms with E-state index in [1.807, 2.05) is 0 Å². The molecular weight excluding hydrogens is 847 g/mol. The maximum absolute atomic E-state index is 13.1. The summed E-state index contributed by atoms with van der Waals surface area (Å²) in [7, 11) is 0. The fourth-order valence-electron chi connectivity index (χ4n) is 8.81. The molecule has 67 heavy (non-hydrogen) atoms. The number of aliphatic hydroxyl groups is 7. The van der Waals surface area contributed by atoms with Crippen LogP contribution in [0.1, 0.15) is 245 Å². The van der Waals surface area contributed by atoms with Crippen molar-refractivity contribution in [3.63, 3.8) is 0 Å². The summed E-state index contributed by atoms with van der Waals surface area (Å²) >= 11 is 0. The Balaban J connectivity index is 2.29. The van der Waals surface area contributed by atoms with Crippen molar-refractivity contribution >= 4 is 5.91 Å². The van der Waals surface area contributed by atoms with Crippen molar-refractivity contribution in [1.29, 1.82) is 0 Å². The number of ether oxygens (including phenoxy) is 2. The van der Waals surface area contributed by atoms with E-state index in [1.54, 1.807) is 0 Å². The van der Waals surface area contributed by atoms with Gasteiger partial charge in [0, 0.05) is 0 Å². The monoisotopic (exact) mass is 952 g/mol. The van der Waals surface area contributed by atoms with Crippen LogP contribution in [-0.2, 0) is 14.3 Å². The number of amides is 1. The summed E-state index contributed by atoms with van der Waals surface area (Å²) in [5, 5.41) is 75.8. The van der Waals surface area contributed by atoms with E-state index in [0.29, 0.717) is 19.3 Å². The van der Waals surface area contributed by atoms with Crippen LogP contribution in [0, 0.1) is 0 Å². The molecule has 8 N–H and O–H groups in total. The number of hydrogen-bond acceptors (Lipinski definition) is 10. The Labute approximate surface area is 409 Å². The van der Waals surface area contributed by atoms with Gasteiger partial charge in [-0.25, -0.2) is 0 Å². The Hall–Kier alpha value is -1.67. The molecule has 11 nitrogen and oxygen atoms in total. The summed E-state index contributed by atoms with van der Waals surface area (Å²) < 4.78 is 11.1. The van der Waals surface area contributed by atoms with Crippen LogP contribution in [0.2, 0.25) is 0 Å². The molecular formula is C56H105NO10. The highest BCUT2D eigenvalue weighted by Gasteiger charge is 2.44. The van der Waals surface area contributed by atoms with Gasteiger partial charge in [-0.1, -0.05) is 204 Å². The van der Waals surface area contributed by atoms with E-state index >= 15 is 0 Å². The second-order valence-corrected chi connectivity index (χ2v) is 19.6. The fourth-order valence-corrected chi connectivity index (χ4v) is 8.81. The number of carbonyl (C=O) groups is 1. The molecule has 0 aliphatic carbocycles. The molecule has 0 bridgehead atoms. The Kier molecular flexibility index (Phi) is 43.0. The highest BCUT2D eigenvalue weighted by atomic mass is 16.7. The van der Waals surface area contributed by atoms with Crippen molar-refractivity contribution in [2.24, 2.45) is 0 Å². The molecule has 1 fully saturated rings. The second kappa shape index (κ2) is 45.5. The van der Waals surface area contributed by atoms with E-state index in [4.69, 9.17) is 9.47 Å². The smallest absolute Gasteiger partial charge is 0.249 e. The molecule has 1 aliphatic heterocycles. The zero-order chi connectivity index (χ0) is 49.0. The second-order valence-electron chi connectivity index (χ2n) is 19.6. The van der Waals surface area contributed by atoms with Crippen LogP contribution >= 0.6 is 0 Å². The zero-order valence-electron chi connectivity index (χ0n) is 42.9. The Morgan fingerprint density at radius 2 is 0.896 bits per heavy atom. The summed E-state index contributed by atoms with van der Waals surface area (Å²) in [6.07, 6.45) is 43.7. The van der Waals surface area contributed by atoms with Gasteiger partial charge in [0.05, 0.1) is 25.4 Å². The Morgan fingerprint density at radius 3 is 1.36 bits per heavy atom. The first-order chi connectivity index (χ1) is 32.7. The minimum atomic E-state index is -1.67. The minimum absolute atomic E-state index is 0.236. The van der Waals surface area contributed by atoms with Crippen LogP contribution in [0.25, 0.3) is 0 Å². The number of allylic oxidation sites excluding steroid dienone is 6. The number of rotatable bonds is 47. The number of hydrogen-bond donors (Lipinski definition) is 8. The van der Waals surface area contributed by atoms with Gasteiger partial charge in [0.1, 0.15) is 36.6 Å². The minimum Gasteiger partial charge on any atom is -0.394 e. The van der Waals surface area contributed by atoms with E-state index < -0.39 is 74.2 Å². The zero-order valence-corrected chi connectivity index (χ0v) is 42.9. The lowest BCUT2D eigenvalue weighted by molar-refractivity contribution is -0.303. The summed E-state index contributed by atoms with van der Waals surface area (Å²) in [5.41, 5.74) is 0. The maximum atomic E-state index is 13.1. The molecule has 9 atom stereocenters. The molecule has 0 saturated carbocycles. The molecule has 11 heteroatoms. The van der Waals surface area contributed by atoms with Crippen molar-refractivity contribution in [3.8, 4) is 0 Å². The van der Waals surface area contributed by atoms with Crippen molar-refractivity contribution in [2.75, 3.05) is 13.2 Å². The molecule has 0 aromatic carbocycles. The van der Waals surface area contributed by atoms with Crippen LogP contribution in [0.3, 0.4) is 0 Å². The SMILES string of the molecule is CCCCC/C=C\CCCCCCC(O)C(=O)NC(COC1OC(CO)C(O)C(O)C1O)C(O)C(O)CCC/C=C/CC/C=C/CCCCCCCCCCCCCCCCCCCCCC. The molecule has 1 saturated heterocycles. The number of carbonyl (C=O) groups excluding carboxylic acids is 1. The maximum Gasteiger partial charge on any atom is 0.249 e. The molecule has 0 radical (unpaired) electrons. The van der Waals surface area contributed by atoms with Gasteiger partial charge in [0.2, 0.25) is 5.91 Å². The molecule has 1 heterocycles. The van der Waals surface area contributed by atoms with Gasteiger partial charge in [-0.15, -0.1) is 0 Å². The van der Waals surface area contributed by atoms with E-state index in [-0.39, 0.29) is 12.8 Å². The highest BCUT2D eigenvalue weighted by Crippen LogP contribution is 2.23. The van der Waals surface area contributed by atoms with E-state index in [0.717, 1.165) is 51.4 Å². The Morgan fingerprint density at radius 1 is 0.507 bits per heavy atom. The van der Waals surface area contributed by atoms with Crippen LogP contribution in [0.15, 0.2) is 36.5 Å². The average molecular weight is 952 g/mol. The molecule has 0 aromatic rings. The molecule has 1 rings (SSSR count). The van der Waals surface area contributed by atoms with Gasteiger partial charge in [0.25, 0.3) is 0 Å². The molecule has 1 aliphatic rings. The first-order valence-electron chi connectivity index (χ1n) is 27.9. The third kappa shape index (κ3) is 34.3. The van der Waals surface area contributed by atoms with Crippen molar-refractivity contribution in [3.05, 3.63) is 36.5 Å². The van der Waals surface area contributed by atoms with Gasteiger partial charge >= 0.3 is 0 Å². The normalized spacial score (nSPS) is 20.9. The molecule has 394 valence electrons. The molecule has 0 aromatic heterocycles. The van der Waals surface area contributed by atoms with Gasteiger partial charge in [-0.2, -0.15) is 0 Å². The number of unbranched alkanes of at least 4 members (excludes halogenated alkanes) is 29. The number of nitrogens with one attached hydrogen (secondary N) is 1. The topological polar surface area (TPSA) is 189 Å². The Bertz CT molecular complexity index is 1180. The third-order valence-corrected chi connectivity index (χ3v) is 13.4. The highest BCUT2D eigenvalue weighted by molar-refractivity contribution is 5.80. The van der Waals surface area contributed by atoms with Crippen molar-refractivity contribution in [2.45, 2.75) is 300 Å². The van der Waals surface area contributed by atoms with Crippen LogP contribution in [-0.4, -0.2) is 110 Å². The first kappa shape index (κ1) is 63.3. The standard InChI is InChI=1S/C56H105NO10/c1-3-5-7-9-11-13-15-16-17-18-19-20-21-22-23-24-25-26-27-28-29-30-31-32-34-35-37-39-41-43-48(59)51(61)47(46-66-56-54(64)53(63)52(62)50(45-58)67-56)57-55(65)49(60)44-42-40-38-36-33-14-12-10-8-6-4-2/h12,14,30-31,35,37,47-54,56,58-64H,3-11,13,15-29,32-34,36,38-46H2,1-2H3,(H,57,65)/b14-12-,31-30+,37-35+. The van der Waals surface area contributed by atoms with Crippen LogP contribution in [0.4, 0.5) is 0 Å². The summed E-state index contributed by atoms with van der Waals surface area (Å²) in [6.45, 7) is 3.40. The molecule has 1 amide bonds. The van der Waals surface area contributed by atoms with E-state index in [2.05, 4.69) is 55.6 Å². The van der Waals surface area contributed by atoms with Gasteiger partial charge < -0.3 is 50.5 Å². The summed E-state index contributed by atoms with van der Waals surface area (Å²) in [6, 6.07) is -1.19. The third-order valence-electron chi connectivity index (χ3n) is 13.4. The lowest BCUT2D eigenvalue weighted by atomic mass is 9.98. The van der Waals surface area contributed by atoms with Crippen molar-refractivity contribution in [1.82, 2.24) is 5.32 Å². The van der Waals surface area contributed by atoms with Crippen molar-refractivity contribution < 1.29 is 50.0 Å². The lowest BCUT2D eigenvalue weighted by Gasteiger charge is -2.40. The number of aliphatic hydroxyl groups excluding tert-OH is 7. The fraction of sp³-hybridized carbons (Fsp3) is 0.875. The largest absolute Gasteiger partial charge is 0.394 e. The predicted molar refractivity (Wildman–Crippen MR) is 275 cm³/mol. The van der Waals surface area contributed by atoms with E-state index in [1.165, 1.54) is 148 Å². The van der Waals surface area contributed by atoms with Gasteiger partial charge in [-0.3, -0.25) is 4.79 Å². The van der Waals surface area contributed by atoms with Gasteiger partial charge in [0.15, 0.2) is 6.29 Å². The van der Waals surface area contributed by atoms with E-state index in [9.17, 15) is 40.5 Å². The molecule has 0 spiro atoms. The van der Waals surface area contributed by atoms with Gasteiger partial charge in [-0.05, 0) is 77.0 Å². The summed E-state index contributed by atoms with van der Waals surface area (Å²) in [4.78, 5) is 13.1. The average Bonchev–Trinajstić information content (AvgIpc) is 3.33.